The molecule has 1 aliphatic carbocycles. The number of aliphatic imine (C=N–C) groups is 1. The molecule has 3 aromatic carbocycles. The van der Waals surface area contributed by atoms with Crippen LogP contribution in [0, 0.1) is 6.92 Å². The number of para-hydroxylation sites is 2. The summed E-state index contributed by atoms with van der Waals surface area (Å²) in [5.74, 6) is 0.534. The van der Waals surface area contributed by atoms with E-state index < -0.39 is 11.1 Å². The molecular formula is C31H33N3O2. The smallest absolute Gasteiger partial charge is 0.254 e. The molecule has 1 amide bonds. The number of amidine groups is 1. The maximum Gasteiger partial charge on any atom is 0.254 e. The number of carbonyl (C=O) groups excluding carboxylic acids is 1. The molecule has 5 heteroatoms. The zero-order chi connectivity index (χ0) is 24.9. The minimum atomic E-state index is -1.44. The summed E-state index contributed by atoms with van der Waals surface area (Å²) in [7, 11) is 0. The number of amides is 1. The summed E-state index contributed by atoms with van der Waals surface area (Å²) in [4.78, 5) is 21.9. The summed E-state index contributed by atoms with van der Waals surface area (Å²) in [6.07, 6.45) is 5.77. The van der Waals surface area contributed by atoms with Gasteiger partial charge in [0.05, 0.1) is 11.4 Å². The molecule has 5 nitrogen and oxygen atoms in total. The Morgan fingerprint density at radius 3 is 2.36 bits per heavy atom. The molecule has 3 aliphatic rings. The summed E-state index contributed by atoms with van der Waals surface area (Å²) >= 11 is 0. The van der Waals surface area contributed by atoms with Crippen molar-refractivity contribution < 1.29 is 9.90 Å². The van der Waals surface area contributed by atoms with Gasteiger partial charge in [0.15, 0.2) is 5.54 Å². The molecule has 0 spiro atoms. The van der Waals surface area contributed by atoms with Crippen molar-refractivity contribution in [2.75, 3.05) is 4.90 Å². The normalized spacial score (nSPS) is 25.0. The molecule has 0 bridgehead atoms. The summed E-state index contributed by atoms with van der Waals surface area (Å²) < 4.78 is 0. The highest BCUT2D eigenvalue weighted by Gasteiger charge is 2.69. The summed E-state index contributed by atoms with van der Waals surface area (Å²) in [5.41, 5.74) is 2.32. The Balaban J connectivity index is 1.64. The Morgan fingerprint density at radius 2 is 1.64 bits per heavy atom. The average Bonchev–Trinajstić information content (AvgIpc) is 3.16. The minimum absolute atomic E-state index is 0.112. The van der Waals surface area contributed by atoms with Crippen molar-refractivity contribution in [2.45, 2.75) is 69.6 Å². The van der Waals surface area contributed by atoms with Crippen LogP contribution < -0.4 is 10.2 Å². The number of aryl methyl sites for hydroxylation is 1. The predicted octanol–water partition coefficient (Wildman–Crippen LogP) is 5.85. The molecule has 36 heavy (non-hydrogen) atoms. The van der Waals surface area contributed by atoms with Crippen LogP contribution in [0.1, 0.15) is 67.7 Å². The van der Waals surface area contributed by atoms with Crippen LogP contribution in [0.5, 0.6) is 0 Å². The maximum absolute atomic E-state index is 14.7. The van der Waals surface area contributed by atoms with Crippen molar-refractivity contribution in [3.8, 4) is 0 Å². The van der Waals surface area contributed by atoms with Crippen molar-refractivity contribution in [3.05, 3.63) is 95.1 Å². The monoisotopic (exact) mass is 479 g/mol. The van der Waals surface area contributed by atoms with Crippen molar-refractivity contribution in [2.24, 2.45) is 4.99 Å². The number of hydrogen-bond donors (Lipinski definition) is 2. The van der Waals surface area contributed by atoms with E-state index in [0.717, 1.165) is 59.3 Å². The van der Waals surface area contributed by atoms with Gasteiger partial charge in [0.1, 0.15) is 11.4 Å². The van der Waals surface area contributed by atoms with Gasteiger partial charge in [-0.3, -0.25) is 4.79 Å². The first kappa shape index (κ1) is 23.0. The van der Waals surface area contributed by atoms with Crippen LogP contribution >= 0.6 is 0 Å². The number of nitrogens with zero attached hydrogens (tertiary/aromatic N) is 2. The van der Waals surface area contributed by atoms with Crippen LogP contribution in [0.4, 0.5) is 11.4 Å². The number of hydrogen-bond acceptors (Lipinski definition) is 4. The molecule has 2 atom stereocenters. The van der Waals surface area contributed by atoms with E-state index in [4.69, 9.17) is 4.99 Å². The summed E-state index contributed by atoms with van der Waals surface area (Å²) in [5, 5.41) is 16.1. The van der Waals surface area contributed by atoms with Crippen LogP contribution in [0.25, 0.3) is 0 Å². The zero-order valence-electron chi connectivity index (χ0n) is 21.0. The van der Waals surface area contributed by atoms with Crippen molar-refractivity contribution in [3.63, 3.8) is 0 Å². The van der Waals surface area contributed by atoms with Gasteiger partial charge in [-0.05, 0) is 38.3 Å². The number of rotatable bonds is 4. The van der Waals surface area contributed by atoms with Crippen LogP contribution in [0.2, 0.25) is 0 Å². The molecule has 184 valence electrons. The van der Waals surface area contributed by atoms with Crippen molar-refractivity contribution in [1.29, 1.82) is 0 Å². The van der Waals surface area contributed by atoms with Crippen LogP contribution in [0.3, 0.4) is 0 Å². The molecule has 3 aromatic rings. The van der Waals surface area contributed by atoms with E-state index in [-0.39, 0.29) is 11.9 Å². The van der Waals surface area contributed by atoms with E-state index in [9.17, 15) is 9.90 Å². The standard InChI is InChI=1S/C31H33N3O2/c1-3-30(36)25-14-8-10-16-27(25)34-28(22-19-17-21(2)18-20-22)33-26-15-9-7-13-24(26)31(30,34)29(35)32-23-11-5-4-6-12-23/h7-10,13-20,23,36H,3-6,11-12H2,1-2H3,(H,32,35). The second-order valence-corrected chi connectivity index (χ2v) is 10.4. The van der Waals surface area contributed by atoms with Gasteiger partial charge in [0.25, 0.3) is 5.91 Å². The molecule has 0 radical (unpaired) electrons. The van der Waals surface area contributed by atoms with Gasteiger partial charge in [-0.25, -0.2) is 4.99 Å². The first-order valence-electron chi connectivity index (χ1n) is 13.2. The van der Waals surface area contributed by atoms with Gasteiger partial charge >= 0.3 is 0 Å². The summed E-state index contributed by atoms with van der Waals surface area (Å²) in [6, 6.07) is 24.0. The molecule has 2 unspecified atom stereocenters. The van der Waals surface area contributed by atoms with Crippen molar-refractivity contribution in [1.82, 2.24) is 5.32 Å². The van der Waals surface area contributed by atoms with Gasteiger partial charge in [0, 0.05) is 22.7 Å². The molecule has 6 rings (SSSR count). The molecule has 1 saturated carbocycles. The van der Waals surface area contributed by atoms with Gasteiger partial charge < -0.3 is 15.3 Å². The first-order chi connectivity index (χ1) is 17.5. The molecular weight excluding hydrogens is 446 g/mol. The van der Waals surface area contributed by atoms with E-state index in [0.29, 0.717) is 12.3 Å². The zero-order valence-corrected chi connectivity index (χ0v) is 21.0. The summed E-state index contributed by atoms with van der Waals surface area (Å²) in [6.45, 7) is 4.03. The third-order valence-corrected chi connectivity index (χ3v) is 8.35. The Hall–Kier alpha value is -3.44. The minimum Gasteiger partial charge on any atom is -0.382 e. The largest absolute Gasteiger partial charge is 0.382 e. The number of anilines is 1. The van der Waals surface area contributed by atoms with E-state index in [2.05, 4.69) is 36.5 Å². The lowest BCUT2D eigenvalue weighted by atomic mass is 9.69. The lowest BCUT2D eigenvalue weighted by molar-refractivity contribution is -0.139. The van der Waals surface area contributed by atoms with E-state index in [1.807, 2.05) is 60.4 Å². The molecule has 1 fully saturated rings. The van der Waals surface area contributed by atoms with E-state index >= 15 is 0 Å². The van der Waals surface area contributed by atoms with Crippen LogP contribution in [-0.2, 0) is 15.9 Å². The topological polar surface area (TPSA) is 64.9 Å². The lowest BCUT2D eigenvalue weighted by Crippen LogP contribution is -2.67. The third kappa shape index (κ3) is 3.12. The second-order valence-electron chi connectivity index (χ2n) is 10.4. The van der Waals surface area contributed by atoms with Gasteiger partial charge in [-0.2, -0.15) is 0 Å². The Bertz CT molecular complexity index is 1340. The molecule has 2 heterocycles. The molecule has 2 aliphatic heterocycles. The van der Waals surface area contributed by atoms with Gasteiger partial charge in [-0.15, -0.1) is 0 Å². The average molecular weight is 480 g/mol. The fraction of sp³-hybridized carbons (Fsp3) is 0.355. The van der Waals surface area contributed by atoms with Gasteiger partial charge in [0.2, 0.25) is 0 Å². The quantitative estimate of drug-likeness (QED) is 0.493. The molecule has 2 N–H and O–H groups in total. The fourth-order valence-electron chi connectivity index (χ4n) is 6.53. The number of aliphatic hydroxyl groups is 1. The third-order valence-electron chi connectivity index (χ3n) is 8.35. The predicted molar refractivity (Wildman–Crippen MR) is 144 cm³/mol. The number of benzene rings is 3. The number of nitrogens with one attached hydrogen (secondary N) is 1. The van der Waals surface area contributed by atoms with E-state index in [1.54, 1.807) is 0 Å². The van der Waals surface area contributed by atoms with Crippen LogP contribution in [-0.4, -0.2) is 22.9 Å². The van der Waals surface area contributed by atoms with Crippen molar-refractivity contribution >= 4 is 23.1 Å². The van der Waals surface area contributed by atoms with Crippen LogP contribution in [0.15, 0.2) is 77.8 Å². The Kier molecular flexibility index (Phi) is 5.49. The number of fused-ring (bicyclic) bond motifs is 5. The fourth-order valence-corrected chi connectivity index (χ4v) is 6.53. The van der Waals surface area contributed by atoms with Gasteiger partial charge in [-0.1, -0.05) is 92.4 Å². The van der Waals surface area contributed by atoms with E-state index in [1.165, 1.54) is 6.42 Å². The second kappa shape index (κ2) is 8.59. The maximum atomic E-state index is 14.7. The number of carbonyl (C=O) groups is 1. The Morgan fingerprint density at radius 1 is 0.972 bits per heavy atom. The highest BCUT2D eigenvalue weighted by Crippen LogP contribution is 2.61. The Labute approximate surface area is 212 Å². The highest BCUT2D eigenvalue weighted by molar-refractivity contribution is 6.20. The molecule has 0 saturated heterocycles. The lowest BCUT2D eigenvalue weighted by Gasteiger charge is -2.49. The molecule has 0 aromatic heterocycles. The highest BCUT2D eigenvalue weighted by atomic mass is 16.3. The SMILES string of the molecule is CCC1(O)c2ccccc2N2C(c3ccc(C)cc3)=Nc3ccccc3C21C(=O)NC1CCCCC1. The first-order valence-corrected chi connectivity index (χ1v) is 13.2.